The van der Waals surface area contributed by atoms with Crippen LogP contribution in [0.5, 0.6) is 5.75 Å². The average molecular weight is 302 g/mol. The van der Waals surface area contributed by atoms with Gasteiger partial charge in [-0.05, 0) is 30.7 Å². The van der Waals surface area contributed by atoms with Crippen molar-refractivity contribution in [1.29, 1.82) is 0 Å². The molecule has 1 amide bonds. The van der Waals surface area contributed by atoms with E-state index < -0.39 is 11.9 Å². The zero-order valence-corrected chi connectivity index (χ0v) is 12.6. The lowest BCUT2D eigenvalue weighted by atomic mass is 10.1. The van der Waals surface area contributed by atoms with Gasteiger partial charge in [0.15, 0.2) is 0 Å². The van der Waals surface area contributed by atoms with Gasteiger partial charge in [0.05, 0.1) is 18.5 Å². The summed E-state index contributed by atoms with van der Waals surface area (Å²) >= 11 is 0. The van der Waals surface area contributed by atoms with E-state index in [2.05, 4.69) is 10.6 Å². The summed E-state index contributed by atoms with van der Waals surface area (Å²) in [6, 6.07) is 12.9. The number of hydrogen-bond donors (Lipinski definition) is 2. The molecule has 5 heteroatoms. The van der Waals surface area contributed by atoms with Crippen LogP contribution in [0.2, 0.25) is 0 Å². The van der Waals surface area contributed by atoms with Gasteiger partial charge in [0.1, 0.15) is 17.6 Å². The molecule has 2 aromatic carbocycles. The van der Waals surface area contributed by atoms with Crippen molar-refractivity contribution in [3.8, 4) is 5.75 Å². The third-order valence-electron chi connectivity index (χ3n) is 3.29. The smallest absolute Gasteiger partial charge is 0.246 e. The molecule has 1 atom stereocenters. The van der Waals surface area contributed by atoms with E-state index in [0.717, 1.165) is 5.69 Å². The van der Waals surface area contributed by atoms with E-state index in [1.807, 2.05) is 31.2 Å². The summed E-state index contributed by atoms with van der Waals surface area (Å²) < 4.78 is 18.9. The Hall–Kier alpha value is -2.56. The molecule has 2 rings (SSSR count). The lowest BCUT2D eigenvalue weighted by Crippen LogP contribution is -2.34. The number of methoxy groups -OCH3 is 1. The standard InChI is InChI=1S/C17H19FN2O2/c1-3-13(19-15-10-6-7-11-16(15)22-2)17(21)20-14-9-5-4-8-12(14)18/h4-11,13,19H,3H2,1-2H3,(H,20,21). The van der Waals surface area contributed by atoms with E-state index in [1.165, 1.54) is 12.1 Å². The Bertz CT molecular complexity index is 646. The summed E-state index contributed by atoms with van der Waals surface area (Å²) in [5.74, 6) is -0.0962. The van der Waals surface area contributed by atoms with Crippen LogP contribution in [-0.2, 0) is 4.79 Å². The van der Waals surface area contributed by atoms with Crippen LogP contribution < -0.4 is 15.4 Å². The lowest BCUT2D eigenvalue weighted by Gasteiger charge is -2.19. The van der Waals surface area contributed by atoms with Crippen LogP contribution in [0.4, 0.5) is 15.8 Å². The van der Waals surface area contributed by atoms with E-state index in [-0.39, 0.29) is 11.6 Å². The number of halogens is 1. The predicted molar refractivity (Wildman–Crippen MR) is 85.7 cm³/mol. The van der Waals surface area contributed by atoms with E-state index in [9.17, 15) is 9.18 Å². The normalized spacial score (nSPS) is 11.6. The minimum Gasteiger partial charge on any atom is -0.495 e. The minimum atomic E-state index is -0.490. The Kier molecular flexibility index (Phi) is 5.36. The van der Waals surface area contributed by atoms with E-state index in [0.29, 0.717) is 12.2 Å². The number of anilines is 2. The van der Waals surface area contributed by atoms with E-state index in [4.69, 9.17) is 4.74 Å². The van der Waals surface area contributed by atoms with Crippen molar-refractivity contribution < 1.29 is 13.9 Å². The van der Waals surface area contributed by atoms with Gasteiger partial charge in [-0.3, -0.25) is 4.79 Å². The molecule has 0 fully saturated rings. The molecule has 0 radical (unpaired) electrons. The van der Waals surface area contributed by atoms with E-state index in [1.54, 1.807) is 19.2 Å². The molecular formula is C17H19FN2O2. The highest BCUT2D eigenvalue weighted by molar-refractivity contribution is 5.96. The fourth-order valence-corrected chi connectivity index (χ4v) is 2.09. The second-order valence-corrected chi connectivity index (χ2v) is 4.77. The predicted octanol–water partition coefficient (Wildman–Crippen LogP) is 3.66. The Morgan fingerprint density at radius 3 is 2.41 bits per heavy atom. The number of carbonyl (C=O) groups is 1. The first-order valence-corrected chi connectivity index (χ1v) is 7.10. The molecule has 1 unspecified atom stereocenters. The lowest BCUT2D eigenvalue weighted by molar-refractivity contribution is -0.117. The van der Waals surface area contributed by atoms with Gasteiger partial charge < -0.3 is 15.4 Å². The van der Waals surface area contributed by atoms with Crippen molar-refractivity contribution in [2.24, 2.45) is 0 Å². The van der Waals surface area contributed by atoms with Gasteiger partial charge in [0, 0.05) is 0 Å². The Morgan fingerprint density at radius 2 is 1.77 bits per heavy atom. The first kappa shape index (κ1) is 15.8. The highest BCUT2D eigenvalue weighted by Gasteiger charge is 2.18. The third-order valence-corrected chi connectivity index (χ3v) is 3.29. The van der Waals surface area contributed by atoms with Crippen LogP contribution in [0.25, 0.3) is 0 Å². The molecule has 4 nitrogen and oxygen atoms in total. The number of hydrogen-bond acceptors (Lipinski definition) is 3. The molecule has 0 aliphatic heterocycles. The van der Waals surface area contributed by atoms with Gasteiger partial charge >= 0.3 is 0 Å². The molecule has 2 aromatic rings. The molecular weight excluding hydrogens is 283 g/mol. The summed E-state index contributed by atoms with van der Waals surface area (Å²) in [4.78, 5) is 12.3. The number of ether oxygens (including phenoxy) is 1. The molecule has 22 heavy (non-hydrogen) atoms. The molecule has 2 N–H and O–H groups in total. The first-order valence-electron chi connectivity index (χ1n) is 7.10. The van der Waals surface area contributed by atoms with Gasteiger partial charge in [-0.15, -0.1) is 0 Å². The zero-order valence-electron chi connectivity index (χ0n) is 12.6. The summed E-state index contributed by atoms with van der Waals surface area (Å²) in [5.41, 5.74) is 0.897. The van der Waals surface area contributed by atoms with Gasteiger partial charge in [0.25, 0.3) is 0 Å². The van der Waals surface area contributed by atoms with Crippen molar-refractivity contribution in [1.82, 2.24) is 0 Å². The fourth-order valence-electron chi connectivity index (χ4n) is 2.09. The number of nitrogens with one attached hydrogen (secondary N) is 2. The van der Waals surface area contributed by atoms with Crippen LogP contribution in [0, 0.1) is 5.82 Å². The molecule has 0 spiro atoms. The van der Waals surface area contributed by atoms with E-state index >= 15 is 0 Å². The van der Waals surface area contributed by atoms with Gasteiger partial charge in [-0.25, -0.2) is 4.39 Å². The van der Waals surface area contributed by atoms with Crippen molar-refractivity contribution in [3.05, 3.63) is 54.3 Å². The second kappa shape index (κ2) is 7.45. The monoisotopic (exact) mass is 302 g/mol. The highest BCUT2D eigenvalue weighted by atomic mass is 19.1. The molecule has 0 saturated carbocycles. The van der Waals surface area contributed by atoms with Gasteiger partial charge in [0.2, 0.25) is 5.91 Å². The number of para-hydroxylation sites is 3. The van der Waals surface area contributed by atoms with Crippen LogP contribution in [0.15, 0.2) is 48.5 Å². The first-order chi connectivity index (χ1) is 10.7. The molecule has 0 aliphatic rings. The summed E-state index contributed by atoms with van der Waals surface area (Å²) in [7, 11) is 1.57. The summed E-state index contributed by atoms with van der Waals surface area (Å²) in [6.45, 7) is 1.88. The fraction of sp³-hybridized carbons (Fsp3) is 0.235. The van der Waals surface area contributed by atoms with Crippen molar-refractivity contribution in [3.63, 3.8) is 0 Å². The zero-order chi connectivity index (χ0) is 15.9. The van der Waals surface area contributed by atoms with Gasteiger partial charge in [-0.2, -0.15) is 0 Å². The van der Waals surface area contributed by atoms with Crippen molar-refractivity contribution in [2.45, 2.75) is 19.4 Å². The second-order valence-electron chi connectivity index (χ2n) is 4.77. The molecule has 0 aliphatic carbocycles. The molecule has 0 heterocycles. The maximum atomic E-state index is 13.6. The van der Waals surface area contributed by atoms with Crippen LogP contribution >= 0.6 is 0 Å². The van der Waals surface area contributed by atoms with Crippen molar-refractivity contribution in [2.75, 3.05) is 17.7 Å². The minimum absolute atomic E-state index is 0.174. The van der Waals surface area contributed by atoms with Gasteiger partial charge in [-0.1, -0.05) is 31.2 Å². The third kappa shape index (κ3) is 3.75. The number of rotatable bonds is 6. The maximum Gasteiger partial charge on any atom is 0.246 e. The summed E-state index contributed by atoms with van der Waals surface area (Å²) in [6.07, 6.45) is 0.554. The Morgan fingerprint density at radius 1 is 1.14 bits per heavy atom. The topological polar surface area (TPSA) is 50.4 Å². The molecule has 116 valence electrons. The summed E-state index contributed by atoms with van der Waals surface area (Å²) in [5, 5.41) is 5.73. The Labute approximate surface area is 129 Å². The number of amides is 1. The number of carbonyl (C=O) groups excluding carboxylic acids is 1. The van der Waals surface area contributed by atoms with Crippen molar-refractivity contribution >= 4 is 17.3 Å². The largest absolute Gasteiger partial charge is 0.495 e. The van der Waals surface area contributed by atoms with Crippen LogP contribution in [-0.4, -0.2) is 19.1 Å². The SMILES string of the molecule is CCC(Nc1ccccc1OC)C(=O)Nc1ccccc1F. The Balaban J connectivity index is 2.11. The quantitative estimate of drug-likeness (QED) is 0.856. The van der Waals surface area contributed by atoms with Crippen LogP contribution in [0.3, 0.4) is 0 Å². The molecule has 0 saturated heterocycles. The molecule has 0 bridgehead atoms. The number of benzene rings is 2. The van der Waals surface area contributed by atoms with Crippen LogP contribution in [0.1, 0.15) is 13.3 Å². The highest BCUT2D eigenvalue weighted by Crippen LogP contribution is 2.24. The maximum absolute atomic E-state index is 13.6. The average Bonchev–Trinajstić information content (AvgIpc) is 2.55. The molecule has 0 aromatic heterocycles.